The molecule has 0 spiro atoms. The quantitative estimate of drug-likeness (QED) is 0.450. The van der Waals surface area contributed by atoms with E-state index in [0.717, 1.165) is 31.7 Å². The molecule has 0 radical (unpaired) electrons. The lowest BCUT2D eigenvalue weighted by molar-refractivity contribution is -0.140. The van der Waals surface area contributed by atoms with Crippen LogP contribution in [0.2, 0.25) is 0 Å². The molecule has 30 heavy (non-hydrogen) atoms. The van der Waals surface area contributed by atoms with E-state index in [-0.39, 0.29) is 11.3 Å². The van der Waals surface area contributed by atoms with Crippen molar-refractivity contribution in [2.24, 2.45) is 0 Å². The molecular weight excluding hydrogens is 385 g/mol. The average Bonchev–Trinajstić information content (AvgIpc) is 3.04. The van der Waals surface area contributed by atoms with E-state index < -0.39 is 23.5 Å². The van der Waals surface area contributed by atoms with Crippen molar-refractivity contribution in [3.8, 4) is 0 Å². The summed E-state index contributed by atoms with van der Waals surface area (Å²) in [7, 11) is 0. The molecule has 0 saturated carbocycles. The maximum Gasteiger partial charge on any atom is 0.295 e. The van der Waals surface area contributed by atoms with Crippen LogP contribution in [0.25, 0.3) is 5.76 Å². The minimum atomic E-state index is -0.717. The molecule has 0 unspecified atom stereocenters. The number of carbonyl (C=O) groups is 2. The van der Waals surface area contributed by atoms with Crippen molar-refractivity contribution in [3.05, 3.63) is 77.1 Å². The number of benzene rings is 2. The Labute approximate surface area is 174 Å². The van der Waals surface area contributed by atoms with Crippen molar-refractivity contribution >= 4 is 17.4 Å². The second-order valence-corrected chi connectivity index (χ2v) is 7.50. The Balaban J connectivity index is 1.71. The summed E-state index contributed by atoms with van der Waals surface area (Å²) in [5.74, 6) is -2.07. The van der Waals surface area contributed by atoms with Gasteiger partial charge in [0.1, 0.15) is 11.6 Å². The summed E-state index contributed by atoms with van der Waals surface area (Å²) in [5.41, 5.74) is 1.09. The Kier molecular flexibility index (Phi) is 5.92. The third-order valence-corrected chi connectivity index (χ3v) is 5.64. The lowest BCUT2D eigenvalue weighted by atomic mass is 9.95. The van der Waals surface area contributed by atoms with Crippen molar-refractivity contribution in [1.29, 1.82) is 0 Å². The van der Waals surface area contributed by atoms with Crippen LogP contribution in [0, 0.1) is 5.82 Å². The highest BCUT2D eigenvalue weighted by Crippen LogP contribution is 2.39. The van der Waals surface area contributed by atoms with Gasteiger partial charge in [-0.05, 0) is 29.8 Å². The van der Waals surface area contributed by atoms with Gasteiger partial charge in [0.15, 0.2) is 0 Å². The molecule has 1 amide bonds. The number of amides is 1. The van der Waals surface area contributed by atoms with E-state index in [0.29, 0.717) is 18.7 Å². The van der Waals surface area contributed by atoms with Crippen LogP contribution in [0.1, 0.15) is 17.2 Å². The summed E-state index contributed by atoms with van der Waals surface area (Å²) in [5, 5.41) is 14.2. The number of aliphatic hydroxyl groups excluding tert-OH is 1. The average molecular weight is 409 g/mol. The van der Waals surface area contributed by atoms with E-state index in [1.54, 1.807) is 0 Å². The highest BCUT2D eigenvalue weighted by molar-refractivity contribution is 6.46. The van der Waals surface area contributed by atoms with Crippen LogP contribution in [0.15, 0.2) is 60.2 Å². The molecule has 1 atom stereocenters. The summed E-state index contributed by atoms with van der Waals surface area (Å²) in [6.07, 6.45) is 0. The van der Waals surface area contributed by atoms with Gasteiger partial charge in [0.25, 0.3) is 11.7 Å². The van der Waals surface area contributed by atoms with E-state index in [9.17, 15) is 19.1 Å². The molecule has 2 aromatic carbocycles. The molecule has 0 bridgehead atoms. The summed E-state index contributed by atoms with van der Waals surface area (Å²) >= 11 is 0. The number of ketones is 1. The van der Waals surface area contributed by atoms with Gasteiger partial charge in [-0.25, -0.2) is 4.39 Å². The zero-order valence-corrected chi connectivity index (χ0v) is 16.6. The minimum Gasteiger partial charge on any atom is -0.507 e. The van der Waals surface area contributed by atoms with Crippen LogP contribution in [-0.4, -0.2) is 65.9 Å². The molecule has 2 aliphatic rings. The van der Waals surface area contributed by atoms with Crippen LogP contribution < -0.4 is 5.32 Å². The van der Waals surface area contributed by atoms with Crippen molar-refractivity contribution in [1.82, 2.24) is 15.1 Å². The van der Waals surface area contributed by atoms with Gasteiger partial charge in [-0.3, -0.25) is 14.5 Å². The van der Waals surface area contributed by atoms with Gasteiger partial charge < -0.3 is 15.3 Å². The zero-order chi connectivity index (χ0) is 21.1. The van der Waals surface area contributed by atoms with Crippen LogP contribution in [0.5, 0.6) is 0 Å². The molecule has 0 aliphatic carbocycles. The second kappa shape index (κ2) is 8.77. The topological polar surface area (TPSA) is 72.9 Å². The molecule has 156 valence electrons. The number of piperazine rings is 1. The molecule has 2 aliphatic heterocycles. The van der Waals surface area contributed by atoms with E-state index >= 15 is 0 Å². The summed E-state index contributed by atoms with van der Waals surface area (Å²) in [6, 6.07) is 13.8. The largest absolute Gasteiger partial charge is 0.507 e. The standard InChI is InChI=1S/C23H24FN3O3/c24-18-8-6-17(7-9-18)21(28)19-20(16-4-2-1-3-5-16)27(23(30)22(19)29)15-14-26-12-10-25-11-13-26/h1-9,20,25,28H,10-15H2/t20-/m1/s1. The Morgan fingerprint density at radius 1 is 1.00 bits per heavy atom. The maximum absolute atomic E-state index is 13.3. The fourth-order valence-electron chi connectivity index (χ4n) is 4.04. The Morgan fingerprint density at radius 3 is 2.33 bits per heavy atom. The van der Waals surface area contributed by atoms with E-state index in [4.69, 9.17) is 0 Å². The molecular formula is C23H24FN3O3. The molecule has 2 aromatic rings. The van der Waals surface area contributed by atoms with Crippen molar-refractivity contribution in [2.45, 2.75) is 6.04 Å². The van der Waals surface area contributed by atoms with Gasteiger partial charge >= 0.3 is 0 Å². The van der Waals surface area contributed by atoms with Crippen LogP contribution in [0.4, 0.5) is 4.39 Å². The summed E-state index contributed by atoms with van der Waals surface area (Å²) in [6.45, 7) is 4.58. The molecule has 7 heteroatoms. The zero-order valence-electron chi connectivity index (χ0n) is 16.6. The normalized spacial score (nSPS) is 21.9. The number of carbonyl (C=O) groups excluding carboxylic acids is 2. The van der Waals surface area contributed by atoms with Crippen molar-refractivity contribution in [3.63, 3.8) is 0 Å². The first kappa shape index (κ1) is 20.3. The third kappa shape index (κ3) is 3.99. The van der Waals surface area contributed by atoms with Crippen molar-refractivity contribution in [2.75, 3.05) is 39.3 Å². The predicted molar refractivity (Wildman–Crippen MR) is 111 cm³/mol. The number of Topliss-reactive ketones (excluding diaryl/α,β-unsaturated/α-hetero) is 1. The van der Waals surface area contributed by atoms with Crippen LogP contribution in [0.3, 0.4) is 0 Å². The molecule has 2 fully saturated rings. The lowest BCUT2D eigenvalue weighted by Gasteiger charge is -2.31. The van der Waals surface area contributed by atoms with Gasteiger partial charge in [-0.2, -0.15) is 0 Å². The van der Waals surface area contributed by atoms with E-state index in [2.05, 4.69) is 10.2 Å². The second-order valence-electron chi connectivity index (χ2n) is 7.50. The number of nitrogens with one attached hydrogen (secondary N) is 1. The monoisotopic (exact) mass is 409 g/mol. The first-order chi connectivity index (χ1) is 14.6. The molecule has 2 saturated heterocycles. The fraction of sp³-hybridized carbons (Fsp3) is 0.304. The third-order valence-electron chi connectivity index (χ3n) is 5.64. The molecule has 2 heterocycles. The minimum absolute atomic E-state index is 0.0399. The summed E-state index contributed by atoms with van der Waals surface area (Å²) < 4.78 is 13.3. The van der Waals surface area contributed by atoms with Gasteiger partial charge in [-0.15, -0.1) is 0 Å². The van der Waals surface area contributed by atoms with E-state index in [1.165, 1.54) is 29.2 Å². The molecule has 4 rings (SSSR count). The lowest BCUT2D eigenvalue weighted by Crippen LogP contribution is -2.46. The fourth-order valence-corrected chi connectivity index (χ4v) is 4.04. The van der Waals surface area contributed by atoms with Gasteiger partial charge in [0.2, 0.25) is 0 Å². The number of likely N-dealkylation sites (tertiary alicyclic amines) is 1. The SMILES string of the molecule is O=C1C(=O)N(CCN2CCNCC2)[C@H](c2ccccc2)C1=C(O)c1ccc(F)cc1. The van der Waals surface area contributed by atoms with Crippen LogP contribution in [-0.2, 0) is 9.59 Å². The highest BCUT2D eigenvalue weighted by Gasteiger charge is 2.45. The number of hydrogen-bond donors (Lipinski definition) is 2. The molecule has 2 N–H and O–H groups in total. The van der Waals surface area contributed by atoms with Gasteiger partial charge in [0, 0.05) is 44.8 Å². The predicted octanol–water partition coefficient (Wildman–Crippen LogP) is 2.15. The molecule has 6 nitrogen and oxygen atoms in total. The Bertz CT molecular complexity index is 953. The van der Waals surface area contributed by atoms with Crippen LogP contribution >= 0.6 is 0 Å². The Hall–Kier alpha value is -3.03. The maximum atomic E-state index is 13.3. The van der Waals surface area contributed by atoms with E-state index in [1.807, 2.05) is 30.3 Å². The number of nitrogens with zero attached hydrogens (tertiary/aromatic N) is 2. The van der Waals surface area contributed by atoms with Crippen molar-refractivity contribution < 1.29 is 19.1 Å². The Morgan fingerprint density at radius 2 is 1.67 bits per heavy atom. The summed E-state index contributed by atoms with van der Waals surface area (Å²) in [4.78, 5) is 29.6. The number of halogens is 1. The first-order valence-corrected chi connectivity index (χ1v) is 10.1. The number of aliphatic hydroxyl groups is 1. The number of hydrogen-bond acceptors (Lipinski definition) is 5. The van der Waals surface area contributed by atoms with Gasteiger partial charge in [-0.1, -0.05) is 30.3 Å². The smallest absolute Gasteiger partial charge is 0.295 e. The molecule has 0 aromatic heterocycles. The highest BCUT2D eigenvalue weighted by atomic mass is 19.1. The van der Waals surface area contributed by atoms with Gasteiger partial charge in [0.05, 0.1) is 11.6 Å². The first-order valence-electron chi connectivity index (χ1n) is 10.1. The number of rotatable bonds is 5.